The molecule has 2 aromatic rings. The van der Waals surface area contributed by atoms with Crippen LogP contribution in [0.5, 0.6) is 5.75 Å². The molecule has 0 aliphatic rings. The first-order chi connectivity index (χ1) is 6.48. The number of hydrogen-bond acceptors (Lipinski definition) is 3. The van der Waals surface area contributed by atoms with Gasteiger partial charge in [0.05, 0.1) is 10.3 Å². The van der Waals surface area contributed by atoms with Crippen LogP contribution in [0.4, 0.5) is 0 Å². The predicted octanol–water partition coefficient (Wildman–Crippen LogP) is 2.83. The Morgan fingerprint density at radius 3 is 2.57 bits per heavy atom. The van der Waals surface area contributed by atoms with Crippen molar-refractivity contribution in [2.75, 3.05) is 0 Å². The Balaban J connectivity index is 2.69. The molecule has 2 rings (SSSR count). The van der Waals surface area contributed by atoms with Crippen molar-refractivity contribution in [3.8, 4) is 5.75 Å². The Labute approximate surface area is 86.4 Å². The maximum absolute atomic E-state index is 9.81. The molecule has 1 aromatic carbocycles. The minimum atomic E-state index is -0.837. The molecule has 0 amide bonds. The number of rotatable bonds is 1. The summed E-state index contributed by atoms with van der Waals surface area (Å²) >= 11 is 1.43. The molecule has 14 heavy (non-hydrogen) atoms. The lowest BCUT2D eigenvalue weighted by Crippen LogP contribution is -2.12. The van der Waals surface area contributed by atoms with Crippen molar-refractivity contribution in [3.63, 3.8) is 0 Å². The average molecular weight is 208 g/mol. The molecule has 1 heterocycles. The van der Waals surface area contributed by atoms with Gasteiger partial charge in [-0.25, -0.2) is 0 Å². The second-order valence-corrected chi connectivity index (χ2v) is 4.92. The molecule has 0 saturated heterocycles. The van der Waals surface area contributed by atoms with E-state index in [-0.39, 0.29) is 5.75 Å². The number of thiophene rings is 1. The molecule has 1 aromatic heterocycles. The van der Waals surface area contributed by atoms with Gasteiger partial charge in [-0.1, -0.05) is 12.1 Å². The summed E-state index contributed by atoms with van der Waals surface area (Å²) in [4.78, 5) is 0.869. The van der Waals surface area contributed by atoms with Gasteiger partial charge >= 0.3 is 0 Å². The molecule has 0 unspecified atom stereocenters. The second-order valence-electron chi connectivity index (χ2n) is 3.87. The first-order valence-corrected chi connectivity index (χ1v) is 5.24. The molecule has 2 nitrogen and oxygen atoms in total. The summed E-state index contributed by atoms with van der Waals surface area (Å²) in [6.07, 6.45) is 0. The van der Waals surface area contributed by atoms with Gasteiger partial charge in [-0.05, 0) is 31.4 Å². The Morgan fingerprint density at radius 2 is 2.00 bits per heavy atom. The van der Waals surface area contributed by atoms with Crippen LogP contribution in [0.15, 0.2) is 24.3 Å². The van der Waals surface area contributed by atoms with Crippen LogP contribution in [0, 0.1) is 0 Å². The minimum Gasteiger partial charge on any atom is -0.506 e. The zero-order valence-electron chi connectivity index (χ0n) is 8.11. The standard InChI is InChI=1S/C11H12O2S/c1-11(2,13)9-6-7-4-3-5-8(12)10(7)14-9/h3-6,12-13H,1-2H3. The van der Waals surface area contributed by atoms with Crippen molar-refractivity contribution in [1.82, 2.24) is 0 Å². The molecule has 0 fully saturated rings. The predicted molar refractivity (Wildman–Crippen MR) is 58.7 cm³/mol. The maximum Gasteiger partial charge on any atom is 0.133 e. The van der Waals surface area contributed by atoms with E-state index < -0.39 is 5.60 Å². The molecule has 0 aliphatic carbocycles. The van der Waals surface area contributed by atoms with Crippen LogP contribution in [0.25, 0.3) is 10.1 Å². The molecular formula is C11H12O2S. The van der Waals surface area contributed by atoms with E-state index in [9.17, 15) is 10.2 Å². The lowest BCUT2D eigenvalue weighted by molar-refractivity contribution is 0.0826. The van der Waals surface area contributed by atoms with Gasteiger partial charge in [0, 0.05) is 4.88 Å². The largest absolute Gasteiger partial charge is 0.506 e. The van der Waals surface area contributed by atoms with Gasteiger partial charge in [-0.2, -0.15) is 0 Å². The SMILES string of the molecule is CC(C)(O)c1cc2cccc(O)c2s1. The van der Waals surface area contributed by atoms with E-state index in [0.29, 0.717) is 0 Å². The second kappa shape index (κ2) is 2.97. The van der Waals surface area contributed by atoms with E-state index in [1.165, 1.54) is 11.3 Å². The Kier molecular flexibility index (Phi) is 2.01. The molecule has 0 spiro atoms. The molecular weight excluding hydrogens is 196 g/mol. The van der Waals surface area contributed by atoms with E-state index >= 15 is 0 Å². The first-order valence-electron chi connectivity index (χ1n) is 4.43. The van der Waals surface area contributed by atoms with Crippen LogP contribution in [-0.2, 0) is 5.60 Å². The van der Waals surface area contributed by atoms with E-state index in [4.69, 9.17) is 0 Å². The van der Waals surface area contributed by atoms with Crippen LogP contribution in [-0.4, -0.2) is 10.2 Å². The number of phenols is 1. The number of phenolic OH excluding ortho intramolecular Hbond substituents is 1. The Hall–Kier alpha value is -1.06. The highest BCUT2D eigenvalue weighted by atomic mass is 32.1. The monoisotopic (exact) mass is 208 g/mol. The van der Waals surface area contributed by atoms with Gasteiger partial charge in [-0.3, -0.25) is 0 Å². The number of aromatic hydroxyl groups is 1. The number of hydrogen-bond donors (Lipinski definition) is 2. The van der Waals surface area contributed by atoms with E-state index in [0.717, 1.165) is 15.0 Å². The lowest BCUT2D eigenvalue weighted by atomic mass is 10.1. The molecule has 3 heteroatoms. The third kappa shape index (κ3) is 1.49. The molecule has 0 radical (unpaired) electrons. The highest BCUT2D eigenvalue weighted by Gasteiger charge is 2.19. The maximum atomic E-state index is 9.81. The summed E-state index contributed by atoms with van der Waals surface area (Å²) in [7, 11) is 0. The minimum absolute atomic E-state index is 0.281. The van der Waals surface area contributed by atoms with Crippen molar-refractivity contribution >= 4 is 21.4 Å². The summed E-state index contributed by atoms with van der Waals surface area (Å²) in [6, 6.07) is 7.31. The van der Waals surface area contributed by atoms with Gasteiger partial charge < -0.3 is 10.2 Å². The fourth-order valence-electron chi connectivity index (χ4n) is 1.35. The summed E-state index contributed by atoms with van der Waals surface area (Å²) < 4.78 is 0.838. The third-order valence-corrected chi connectivity index (χ3v) is 3.61. The van der Waals surface area contributed by atoms with Crippen molar-refractivity contribution in [2.45, 2.75) is 19.4 Å². The summed E-state index contributed by atoms with van der Waals surface area (Å²) in [6.45, 7) is 3.49. The van der Waals surface area contributed by atoms with Crippen LogP contribution >= 0.6 is 11.3 Å². The van der Waals surface area contributed by atoms with E-state index in [2.05, 4.69) is 0 Å². The van der Waals surface area contributed by atoms with Gasteiger partial charge in [0.2, 0.25) is 0 Å². The summed E-state index contributed by atoms with van der Waals surface area (Å²) in [5, 5.41) is 20.4. The summed E-state index contributed by atoms with van der Waals surface area (Å²) in [5.74, 6) is 0.281. The van der Waals surface area contributed by atoms with E-state index in [1.54, 1.807) is 26.0 Å². The molecule has 0 bridgehead atoms. The Bertz CT molecular complexity index is 466. The van der Waals surface area contributed by atoms with Crippen LogP contribution in [0.1, 0.15) is 18.7 Å². The fourth-order valence-corrected chi connectivity index (χ4v) is 2.42. The van der Waals surface area contributed by atoms with Gasteiger partial charge in [0.1, 0.15) is 5.75 Å². The molecule has 74 valence electrons. The zero-order chi connectivity index (χ0) is 10.3. The quantitative estimate of drug-likeness (QED) is 0.756. The first kappa shape index (κ1) is 9.49. The third-order valence-electron chi connectivity index (χ3n) is 2.13. The normalized spacial score (nSPS) is 12.2. The zero-order valence-corrected chi connectivity index (χ0v) is 8.93. The van der Waals surface area contributed by atoms with Crippen molar-refractivity contribution in [3.05, 3.63) is 29.1 Å². The molecule has 2 N–H and O–H groups in total. The molecule has 0 aliphatic heterocycles. The van der Waals surface area contributed by atoms with Crippen LogP contribution < -0.4 is 0 Å². The topological polar surface area (TPSA) is 40.5 Å². The smallest absolute Gasteiger partial charge is 0.133 e. The lowest BCUT2D eigenvalue weighted by Gasteiger charge is -2.13. The molecule has 0 saturated carbocycles. The summed E-state index contributed by atoms with van der Waals surface area (Å²) in [5.41, 5.74) is -0.837. The number of benzene rings is 1. The fraction of sp³-hybridized carbons (Fsp3) is 0.273. The van der Waals surface area contributed by atoms with Crippen molar-refractivity contribution in [1.29, 1.82) is 0 Å². The molecule has 0 atom stereocenters. The van der Waals surface area contributed by atoms with Crippen molar-refractivity contribution in [2.24, 2.45) is 0 Å². The van der Waals surface area contributed by atoms with Crippen LogP contribution in [0.2, 0.25) is 0 Å². The van der Waals surface area contributed by atoms with Crippen molar-refractivity contribution < 1.29 is 10.2 Å². The highest BCUT2D eigenvalue weighted by Crippen LogP contribution is 2.37. The van der Waals surface area contributed by atoms with Crippen LogP contribution in [0.3, 0.4) is 0 Å². The van der Waals surface area contributed by atoms with Gasteiger partial charge in [0.25, 0.3) is 0 Å². The average Bonchev–Trinajstić information content (AvgIpc) is 2.48. The highest BCUT2D eigenvalue weighted by molar-refractivity contribution is 7.19. The Morgan fingerprint density at radius 1 is 1.29 bits per heavy atom. The van der Waals surface area contributed by atoms with E-state index in [1.807, 2.05) is 12.1 Å². The number of aliphatic hydroxyl groups is 1. The number of fused-ring (bicyclic) bond motifs is 1. The van der Waals surface area contributed by atoms with Gasteiger partial charge in [0.15, 0.2) is 0 Å². The van der Waals surface area contributed by atoms with Gasteiger partial charge in [-0.15, -0.1) is 11.3 Å².